The molecule has 0 aliphatic rings. The van der Waals surface area contributed by atoms with Gasteiger partial charge in [0.15, 0.2) is 0 Å². The van der Waals surface area contributed by atoms with Crippen LogP contribution in [0.2, 0.25) is 5.02 Å². The van der Waals surface area contributed by atoms with Crippen molar-refractivity contribution in [2.45, 2.75) is 19.4 Å². The molecule has 0 spiro atoms. The van der Waals surface area contributed by atoms with Gasteiger partial charge in [-0.1, -0.05) is 29.8 Å². The standard InChI is InChI=1S/C18H21ClN2O2.ClH/c1-12-8-14(13-4-3-5-15(19)9-13)6-7-17(12)21-18(22)10-16(11-20)23-2;/h3-9,16H,10-11,20H2,1-2H3,(H,21,22);1H. The number of carbonyl (C=O) groups is 1. The van der Waals surface area contributed by atoms with E-state index in [-0.39, 0.29) is 30.8 Å². The van der Waals surface area contributed by atoms with Gasteiger partial charge >= 0.3 is 0 Å². The number of halogens is 2. The zero-order valence-electron chi connectivity index (χ0n) is 13.7. The van der Waals surface area contributed by atoms with E-state index in [0.29, 0.717) is 11.6 Å². The Morgan fingerprint density at radius 3 is 2.54 bits per heavy atom. The first-order chi connectivity index (χ1) is 11.0. The van der Waals surface area contributed by atoms with Gasteiger partial charge in [-0.05, 0) is 47.9 Å². The minimum atomic E-state index is -0.263. The molecule has 0 saturated carbocycles. The van der Waals surface area contributed by atoms with E-state index in [4.69, 9.17) is 22.1 Å². The van der Waals surface area contributed by atoms with E-state index in [0.717, 1.165) is 22.4 Å². The first kappa shape index (κ1) is 20.5. The third-order valence-corrected chi connectivity index (χ3v) is 3.90. The highest BCUT2D eigenvalue weighted by molar-refractivity contribution is 6.30. The van der Waals surface area contributed by atoms with Crippen LogP contribution in [-0.2, 0) is 9.53 Å². The minimum absolute atomic E-state index is 0. The van der Waals surface area contributed by atoms with Crippen molar-refractivity contribution in [2.75, 3.05) is 19.0 Å². The molecule has 0 aliphatic carbocycles. The molecule has 0 aliphatic heterocycles. The summed E-state index contributed by atoms with van der Waals surface area (Å²) in [6.07, 6.45) is -0.0243. The van der Waals surface area contributed by atoms with Crippen molar-refractivity contribution >= 4 is 35.6 Å². The predicted molar refractivity (Wildman–Crippen MR) is 102 cm³/mol. The molecule has 0 heterocycles. The quantitative estimate of drug-likeness (QED) is 0.808. The van der Waals surface area contributed by atoms with Gasteiger partial charge in [-0.2, -0.15) is 0 Å². The lowest BCUT2D eigenvalue weighted by molar-refractivity contribution is -0.118. The molecule has 1 unspecified atom stereocenters. The van der Waals surface area contributed by atoms with Gasteiger partial charge in [0, 0.05) is 24.4 Å². The van der Waals surface area contributed by atoms with Gasteiger partial charge in [0.2, 0.25) is 5.91 Å². The Labute approximate surface area is 153 Å². The third-order valence-electron chi connectivity index (χ3n) is 3.67. The first-order valence-electron chi connectivity index (χ1n) is 7.42. The molecule has 2 rings (SSSR count). The number of carbonyl (C=O) groups excluding carboxylic acids is 1. The van der Waals surface area contributed by atoms with Crippen molar-refractivity contribution in [1.82, 2.24) is 0 Å². The van der Waals surface area contributed by atoms with Crippen LogP contribution in [0.4, 0.5) is 5.69 Å². The van der Waals surface area contributed by atoms with Gasteiger partial charge in [-0.15, -0.1) is 12.4 Å². The fourth-order valence-corrected chi connectivity index (χ4v) is 2.51. The summed E-state index contributed by atoms with van der Waals surface area (Å²) in [5.41, 5.74) is 9.40. The monoisotopic (exact) mass is 368 g/mol. The second-order valence-corrected chi connectivity index (χ2v) is 5.82. The van der Waals surface area contributed by atoms with Crippen molar-refractivity contribution in [2.24, 2.45) is 5.73 Å². The molecule has 24 heavy (non-hydrogen) atoms. The average Bonchev–Trinajstić information content (AvgIpc) is 2.54. The number of hydrogen-bond acceptors (Lipinski definition) is 3. The molecule has 130 valence electrons. The van der Waals surface area contributed by atoms with Crippen LogP contribution in [0, 0.1) is 6.92 Å². The van der Waals surface area contributed by atoms with E-state index >= 15 is 0 Å². The third kappa shape index (κ3) is 5.49. The van der Waals surface area contributed by atoms with Crippen LogP contribution in [-0.4, -0.2) is 25.7 Å². The lowest BCUT2D eigenvalue weighted by Crippen LogP contribution is -2.28. The summed E-state index contributed by atoms with van der Waals surface area (Å²) in [5, 5.41) is 3.60. The SMILES string of the molecule is COC(CN)CC(=O)Nc1ccc(-c2cccc(Cl)c2)cc1C.Cl. The lowest BCUT2D eigenvalue weighted by Gasteiger charge is -2.14. The summed E-state index contributed by atoms with van der Waals surface area (Å²) in [6.45, 7) is 2.27. The van der Waals surface area contributed by atoms with Crippen molar-refractivity contribution in [1.29, 1.82) is 0 Å². The zero-order valence-corrected chi connectivity index (χ0v) is 15.3. The second-order valence-electron chi connectivity index (χ2n) is 5.39. The molecule has 0 aromatic heterocycles. The van der Waals surface area contributed by atoms with Crippen molar-refractivity contribution in [3.05, 3.63) is 53.1 Å². The fourth-order valence-electron chi connectivity index (χ4n) is 2.32. The van der Waals surface area contributed by atoms with E-state index in [1.165, 1.54) is 0 Å². The molecule has 3 N–H and O–H groups in total. The molecule has 0 saturated heterocycles. The number of ether oxygens (including phenoxy) is 1. The molecule has 1 amide bonds. The van der Waals surface area contributed by atoms with Crippen LogP contribution in [0.3, 0.4) is 0 Å². The molecule has 2 aromatic carbocycles. The Bertz CT molecular complexity index is 688. The molecule has 0 fully saturated rings. The number of amides is 1. The number of rotatable bonds is 6. The highest BCUT2D eigenvalue weighted by Crippen LogP contribution is 2.26. The second kappa shape index (κ2) is 9.64. The summed E-state index contributed by atoms with van der Waals surface area (Å²) < 4.78 is 5.13. The summed E-state index contributed by atoms with van der Waals surface area (Å²) in [6, 6.07) is 13.6. The maximum atomic E-state index is 12.0. The Morgan fingerprint density at radius 2 is 1.96 bits per heavy atom. The summed E-state index contributed by atoms with van der Waals surface area (Å²) in [7, 11) is 1.55. The summed E-state index contributed by atoms with van der Waals surface area (Å²) in [5.74, 6) is -0.110. The van der Waals surface area contributed by atoms with Gasteiger partial charge in [0.05, 0.1) is 12.5 Å². The number of aryl methyl sites for hydroxylation is 1. The predicted octanol–water partition coefficient (Wildman–Crippen LogP) is 4.04. The van der Waals surface area contributed by atoms with E-state index < -0.39 is 0 Å². The number of anilines is 1. The maximum Gasteiger partial charge on any atom is 0.227 e. The van der Waals surface area contributed by atoms with Crippen molar-refractivity contribution < 1.29 is 9.53 Å². The van der Waals surface area contributed by atoms with Crippen molar-refractivity contribution in [3.63, 3.8) is 0 Å². The summed E-state index contributed by atoms with van der Waals surface area (Å²) in [4.78, 5) is 12.0. The van der Waals surface area contributed by atoms with Crippen LogP contribution < -0.4 is 11.1 Å². The molecule has 2 aromatic rings. The van der Waals surface area contributed by atoms with Crippen LogP contribution in [0.5, 0.6) is 0 Å². The van der Waals surface area contributed by atoms with E-state index in [2.05, 4.69) is 5.32 Å². The lowest BCUT2D eigenvalue weighted by atomic mass is 10.0. The van der Waals surface area contributed by atoms with E-state index in [9.17, 15) is 4.79 Å². The molecule has 6 heteroatoms. The van der Waals surface area contributed by atoms with Crippen LogP contribution in [0.1, 0.15) is 12.0 Å². The number of nitrogens with one attached hydrogen (secondary N) is 1. The van der Waals surface area contributed by atoms with Gasteiger partial charge < -0.3 is 15.8 Å². The van der Waals surface area contributed by atoms with Gasteiger partial charge in [-0.3, -0.25) is 4.79 Å². The van der Waals surface area contributed by atoms with E-state index in [1.807, 2.05) is 49.4 Å². The van der Waals surface area contributed by atoms with E-state index in [1.54, 1.807) is 7.11 Å². The number of benzene rings is 2. The van der Waals surface area contributed by atoms with Crippen molar-refractivity contribution in [3.8, 4) is 11.1 Å². The highest BCUT2D eigenvalue weighted by atomic mass is 35.5. The molecular weight excluding hydrogens is 347 g/mol. The molecule has 0 bridgehead atoms. The Kier molecular flexibility index (Phi) is 8.22. The van der Waals surface area contributed by atoms with Crippen LogP contribution in [0.25, 0.3) is 11.1 Å². The average molecular weight is 369 g/mol. The topological polar surface area (TPSA) is 64.3 Å². The first-order valence-corrected chi connectivity index (χ1v) is 7.80. The Balaban J connectivity index is 0.00000288. The molecule has 1 atom stereocenters. The largest absolute Gasteiger partial charge is 0.380 e. The Hall–Kier alpha value is -1.59. The highest BCUT2D eigenvalue weighted by Gasteiger charge is 2.12. The zero-order chi connectivity index (χ0) is 16.8. The minimum Gasteiger partial charge on any atom is -0.380 e. The molecular formula is C18H22Cl2N2O2. The van der Waals surface area contributed by atoms with Crippen LogP contribution >= 0.6 is 24.0 Å². The Morgan fingerprint density at radius 1 is 1.25 bits per heavy atom. The summed E-state index contributed by atoms with van der Waals surface area (Å²) >= 11 is 6.03. The smallest absolute Gasteiger partial charge is 0.227 e. The maximum absolute atomic E-state index is 12.0. The van der Waals surface area contributed by atoms with Gasteiger partial charge in [0.25, 0.3) is 0 Å². The molecule has 4 nitrogen and oxygen atoms in total. The fraction of sp³-hybridized carbons (Fsp3) is 0.278. The normalized spacial score (nSPS) is 11.5. The number of nitrogens with two attached hydrogens (primary N) is 1. The number of methoxy groups -OCH3 is 1. The number of hydrogen-bond donors (Lipinski definition) is 2. The van der Waals surface area contributed by atoms with Crippen LogP contribution in [0.15, 0.2) is 42.5 Å². The van der Waals surface area contributed by atoms with Gasteiger partial charge in [0.1, 0.15) is 0 Å². The van der Waals surface area contributed by atoms with Gasteiger partial charge in [-0.25, -0.2) is 0 Å². The molecule has 0 radical (unpaired) electrons.